The lowest BCUT2D eigenvalue weighted by Gasteiger charge is -2.29. The first-order valence-corrected chi connectivity index (χ1v) is 8.53. The highest BCUT2D eigenvalue weighted by Gasteiger charge is 2.23. The van der Waals surface area contributed by atoms with Crippen LogP contribution in [0.5, 0.6) is 0 Å². The Bertz CT molecular complexity index is 784. The maximum Gasteiger partial charge on any atom is 0.319 e. The fraction of sp³-hybridized carbons (Fsp3) is 0.389. The Balaban J connectivity index is 1.65. The summed E-state index contributed by atoms with van der Waals surface area (Å²) in [5.41, 5.74) is 3.71. The maximum atomic E-state index is 12.1. The van der Waals surface area contributed by atoms with Crippen molar-refractivity contribution in [2.75, 3.05) is 16.8 Å². The molecular weight excluding hydrogens is 318 g/mol. The van der Waals surface area contributed by atoms with Gasteiger partial charge in [0, 0.05) is 37.6 Å². The van der Waals surface area contributed by atoms with Gasteiger partial charge in [0.25, 0.3) is 0 Å². The number of nitrogens with zero attached hydrogens (tertiary/aromatic N) is 3. The molecule has 1 aliphatic heterocycles. The Morgan fingerprint density at radius 1 is 1.28 bits per heavy atom. The van der Waals surface area contributed by atoms with E-state index in [2.05, 4.69) is 22.7 Å². The molecule has 3 amide bonds. The second-order valence-electron chi connectivity index (χ2n) is 6.14. The monoisotopic (exact) mass is 341 g/mol. The first-order valence-electron chi connectivity index (χ1n) is 8.53. The number of fused-ring (bicyclic) bond motifs is 1. The number of aryl methyl sites for hydroxylation is 2. The van der Waals surface area contributed by atoms with Crippen molar-refractivity contribution in [3.8, 4) is 0 Å². The number of carbonyl (C=O) groups is 2. The van der Waals surface area contributed by atoms with Crippen molar-refractivity contribution in [1.29, 1.82) is 0 Å². The highest BCUT2D eigenvalue weighted by molar-refractivity contribution is 5.97. The highest BCUT2D eigenvalue weighted by Crippen LogP contribution is 2.30. The molecule has 0 atom stereocenters. The zero-order valence-corrected chi connectivity index (χ0v) is 14.6. The Hall–Kier alpha value is -2.83. The molecule has 0 spiro atoms. The van der Waals surface area contributed by atoms with Crippen LogP contribution in [0.4, 0.5) is 16.2 Å². The summed E-state index contributed by atoms with van der Waals surface area (Å²) in [6.45, 7) is 3.19. The van der Waals surface area contributed by atoms with Gasteiger partial charge in [0.1, 0.15) is 0 Å². The quantitative estimate of drug-likeness (QED) is 0.876. The molecule has 0 unspecified atom stereocenters. The number of carbonyl (C=O) groups excluding carboxylic acids is 2. The van der Waals surface area contributed by atoms with Gasteiger partial charge >= 0.3 is 6.03 Å². The molecule has 3 rings (SSSR count). The van der Waals surface area contributed by atoms with E-state index in [0.29, 0.717) is 19.4 Å². The van der Waals surface area contributed by atoms with Crippen molar-refractivity contribution < 1.29 is 9.59 Å². The van der Waals surface area contributed by atoms with E-state index < -0.39 is 0 Å². The van der Waals surface area contributed by atoms with Gasteiger partial charge in [0.05, 0.1) is 12.2 Å². The first kappa shape index (κ1) is 17.0. The molecule has 0 radical (unpaired) electrons. The van der Waals surface area contributed by atoms with E-state index in [1.165, 1.54) is 0 Å². The van der Waals surface area contributed by atoms with Crippen molar-refractivity contribution >= 4 is 23.3 Å². The number of anilines is 2. The van der Waals surface area contributed by atoms with Gasteiger partial charge in [-0.2, -0.15) is 5.10 Å². The summed E-state index contributed by atoms with van der Waals surface area (Å²) in [4.78, 5) is 26.0. The van der Waals surface area contributed by atoms with Crippen molar-refractivity contribution in [1.82, 2.24) is 15.1 Å². The van der Waals surface area contributed by atoms with Crippen LogP contribution in [0.3, 0.4) is 0 Å². The van der Waals surface area contributed by atoms with Crippen LogP contribution in [-0.2, 0) is 24.8 Å². The molecule has 2 heterocycles. The number of nitrogens with one attached hydrogen (secondary N) is 2. The average Bonchev–Trinajstić information content (AvgIpc) is 3.01. The second-order valence-corrected chi connectivity index (χ2v) is 6.14. The summed E-state index contributed by atoms with van der Waals surface area (Å²) in [5, 5.41) is 9.73. The van der Waals surface area contributed by atoms with Crippen LogP contribution in [0, 0.1) is 0 Å². The summed E-state index contributed by atoms with van der Waals surface area (Å²) < 4.78 is 1.72. The number of aromatic nitrogens is 2. The molecule has 1 aliphatic rings. The molecule has 7 nitrogen and oxygen atoms in total. The van der Waals surface area contributed by atoms with Gasteiger partial charge in [-0.15, -0.1) is 0 Å². The highest BCUT2D eigenvalue weighted by atomic mass is 16.2. The minimum atomic E-state index is -0.265. The number of amides is 3. The van der Waals surface area contributed by atoms with Crippen LogP contribution in [0.2, 0.25) is 0 Å². The normalized spacial score (nSPS) is 13.5. The first-order chi connectivity index (χ1) is 12.1. The smallest absolute Gasteiger partial charge is 0.319 e. The van der Waals surface area contributed by atoms with Crippen LogP contribution in [-0.4, -0.2) is 28.3 Å². The summed E-state index contributed by atoms with van der Waals surface area (Å²) in [7, 11) is 1.84. The molecule has 2 aromatic rings. The van der Waals surface area contributed by atoms with Gasteiger partial charge in [-0.3, -0.25) is 9.48 Å². The zero-order valence-electron chi connectivity index (χ0n) is 14.6. The number of hydrogen-bond donors (Lipinski definition) is 2. The summed E-state index contributed by atoms with van der Waals surface area (Å²) in [6.07, 6.45) is 3.84. The van der Waals surface area contributed by atoms with E-state index in [1.807, 2.05) is 36.2 Å². The molecule has 0 fully saturated rings. The van der Waals surface area contributed by atoms with Crippen LogP contribution in [0.1, 0.15) is 31.0 Å². The molecule has 0 bridgehead atoms. The molecule has 25 heavy (non-hydrogen) atoms. The third-order valence-electron chi connectivity index (χ3n) is 4.34. The standard InChI is InChI=1S/C18H23N5O2/c1-3-10-23-16-6-5-14(11-13(16)4-7-17(23)24)21-18(25)19-12-15-8-9-20-22(15)2/h5-6,8-9,11H,3-4,7,10,12H2,1-2H3,(H2,19,21,25). The Morgan fingerprint density at radius 3 is 2.84 bits per heavy atom. The summed E-state index contributed by atoms with van der Waals surface area (Å²) in [6, 6.07) is 7.30. The minimum Gasteiger partial charge on any atom is -0.332 e. The lowest BCUT2D eigenvalue weighted by molar-refractivity contribution is -0.118. The predicted molar refractivity (Wildman–Crippen MR) is 96.5 cm³/mol. The summed E-state index contributed by atoms with van der Waals surface area (Å²) in [5.74, 6) is 0.170. The zero-order chi connectivity index (χ0) is 17.8. The van der Waals surface area contributed by atoms with E-state index in [0.717, 1.165) is 35.6 Å². The van der Waals surface area contributed by atoms with Gasteiger partial charge in [-0.1, -0.05) is 6.92 Å². The van der Waals surface area contributed by atoms with Crippen LogP contribution in [0.15, 0.2) is 30.5 Å². The van der Waals surface area contributed by atoms with E-state index >= 15 is 0 Å². The second kappa shape index (κ2) is 7.38. The van der Waals surface area contributed by atoms with Crippen LogP contribution < -0.4 is 15.5 Å². The molecule has 0 aliphatic carbocycles. The van der Waals surface area contributed by atoms with Crippen molar-refractivity contribution in [3.63, 3.8) is 0 Å². The van der Waals surface area contributed by atoms with Gasteiger partial charge in [-0.25, -0.2) is 4.79 Å². The molecule has 7 heteroatoms. The number of rotatable bonds is 5. The average molecular weight is 341 g/mol. The molecule has 2 N–H and O–H groups in total. The third-order valence-corrected chi connectivity index (χ3v) is 4.34. The van der Waals surface area contributed by atoms with E-state index in [1.54, 1.807) is 10.9 Å². The van der Waals surface area contributed by atoms with Gasteiger partial charge in [-0.05, 0) is 42.7 Å². The third kappa shape index (κ3) is 3.81. The van der Waals surface area contributed by atoms with Gasteiger partial charge in [0.15, 0.2) is 0 Å². The van der Waals surface area contributed by atoms with Crippen molar-refractivity contribution in [2.45, 2.75) is 32.7 Å². The van der Waals surface area contributed by atoms with Gasteiger partial charge in [0.2, 0.25) is 5.91 Å². The number of urea groups is 1. The molecular formula is C18H23N5O2. The lowest BCUT2D eigenvalue weighted by Crippen LogP contribution is -2.35. The topological polar surface area (TPSA) is 79.3 Å². The van der Waals surface area contributed by atoms with Crippen molar-refractivity contribution in [2.24, 2.45) is 7.05 Å². The molecule has 0 saturated heterocycles. The molecule has 1 aromatic carbocycles. The molecule has 132 valence electrons. The van der Waals surface area contributed by atoms with Gasteiger partial charge < -0.3 is 15.5 Å². The predicted octanol–water partition coefficient (Wildman–Crippen LogP) is 2.43. The van der Waals surface area contributed by atoms with Crippen LogP contribution in [0.25, 0.3) is 0 Å². The fourth-order valence-corrected chi connectivity index (χ4v) is 3.03. The maximum absolute atomic E-state index is 12.1. The molecule has 0 saturated carbocycles. The van der Waals surface area contributed by atoms with Crippen molar-refractivity contribution in [3.05, 3.63) is 41.7 Å². The Labute approximate surface area is 147 Å². The summed E-state index contributed by atoms with van der Waals surface area (Å²) >= 11 is 0. The number of hydrogen-bond acceptors (Lipinski definition) is 3. The van der Waals surface area contributed by atoms with E-state index in [4.69, 9.17) is 0 Å². The fourth-order valence-electron chi connectivity index (χ4n) is 3.03. The largest absolute Gasteiger partial charge is 0.332 e. The minimum absolute atomic E-state index is 0.170. The lowest BCUT2D eigenvalue weighted by atomic mass is 10.00. The number of benzene rings is 1. The SMILES string of the molecule is CCCN1C(=O)CCc2cc(NC(=O)NCc3ccnn3C)ccc21. The van der Waals surface area contributed by atoms with E-state index in [-0.39, 0.29) is 11.9 Å². The Kier molecular flexibility index (Phi) is 5.02. The Morgan fingerprint density at radius 2 is 2.12 bits per heavy atom. The van der Waals surface area contributed by atoms with Crippen LogP contribution >= 0.6 is 0 Å². The van der Waals surface area contributed by atoms with E-state index in [9.17, 15) is 9.59 Å². The molecule has 1 aromatic heterocycles.